The van der Waals surface area contributed by atoms with Gasteiger partial charge in [-0.25, -0.2) is 0 Å². The Morgan fingerprint density at radius 3 is 2.11 bits per heavy atom. The van der Waals surface area contributed by atoms with Gasteiger partial charge in [0.05, 0.1) is 31.2 Å². The van der Waals surface area contributed by atoms with E-state index in [2.05, 4.69) is 4.74 Å². The lowest BCUT2D eigenvalue weighted by atomic mass is 9.91. The summed E-state index contributed by atoms with van der Waals surface area (Å²) in [4.78, 5) is 10.9. The minimum Gasteiger partial charge on any atom is -0.469 e. The SMILES string of the molecule is COC(=O)CC(CCC(O)C(C)(C)O)C(F)(F)F. The highest BCUT2D eigenvalue weighted by Crippen LogP contribution is 2.33. The molecular formula is C11H19F3O4. The second kappa shape index (κ2) is 6.38. The van der Waals surface area contributed by atoms with E-state index in [0.717, 1.165) is 7.11 Å². The van der Waals surface area contributed by atoms with Crippen LogP contribution in [0.25, 0.3) is 0 Å². The van der Waals surface area contributed by atoms with Gasteiger partial charge < -0.3 is 14.9 Å². The number of halogens is 3. The van der Waals surface area contributed by atoms with Crippen molar-refractivity contribution >= 4 is 5.97 Å². The summed E-state index contributed by atoms with van der Waals surface area (Å²) in [6.07, 6.45) is -7.28. The van der Waals surface area contributed by atoms with E-state index >= 15 is 0 Å². The summed E-state index contributed by atoms with van der Waals surface area (Å²) in [5.41, 5.74) is -1.47. The molecule has 0 aliphatic rings. The number of carbonyl (C=O) groups excluding carboxylic acids is 1. The molecule has 0 aromatic carbocycles. The average molecular weight is 272 g/mol. The number of hydrogen-bond donors (Lipinski definition) is 2. The van der Waals surface area contributed by atoms with Crippen LogP contribution in [0.3, 0.4) is 0 Å². The second-order valence-electron chi connectivity index (χ2n) is 4.77. The minimum absolute atomic E-state index is 0.245. The second-order valence-corrected chi connectivity index (χ2v) is 4.77. The Hall–Kier alpha value is -0.820. The molecule has 18 heavy (non-hydrogen) atoms. The molecule has 0 aromatic heterocycles. The highest BCUT2D eigenvalue weighted by atomic mass is 19.4. The first kappa shape index (κ1) is 17.2. The van der Waals surface area contributed by atoms with Crippen molar-refractivity contribution in [2.75, 3.05) is 7.11 Å². The van der Waals surface area contributed by atoms with Crippen LogP contribution in [0, 0.1) is 5.92 Å². The van der Waals surface area contributed by atoms with Gasteiger partial charge in [-0.2, -0.15) is 13.2 Å². The van der Waals surface area contributed by atoms with E-state index in [1.807, 2.05) is 0 Å². The van der Waals surface area contributed by atoms with Crippen molar-refractivity contribution in [2.45, 2.75) is 51.0 Å². The molecule has 2 N–H and O–H groups in total. The smallest absolute Gasteiger partial charge is 0.392 e. The third kappa shape index (κ3) is 6.20. The molecule has 0 fully saturated rings. The summed E-state index contributed by atoms with van der Waals surface area (Å²) in [5, 5.41) is 18.9. The third-order valence-corrected chi connectivity index (χ3v) is 2.71. The molecule has 0 radical (unpaired) electrons. The molecule has 0 amide bonds. The Balaban J connectivity index is 4.49. The van der Waals surface area contributed by atoms with Crippen LogP contribution in [0.1, 0.15) is 33.1 Å². The fraction of sp³-hybridized carbons (Fsp3) is 0.909. The topological polar surface area (TPSA) is 66.8 Å². The van der Waals surface area contributed by atoms with E-state index in [1.165, 1.54) is 13.8 Å². The molecule has 0 saturated heterocycles. The zero-order chi connectivity index (χ0) is 14.6. The fourth-order valence-corrected chi connectivity index (χ4v) is 1.38. The van der Waals surface area contributed by atoms with Gasteiger partial charge in [-0.3, -0.25) is 4.79 Å². The highest BCUT2D eigenvalue weighted by molar-refractivity contribution is 5.69. The maximum atomic E-state index is 12.6. The predicted octanol–water partition coefficient (Wildman–Crippen LogP) is 1.64. The number of rotatable bonds is 6. The first-order valence-corrected chi connectivity index (χ1v) is 5.52. The van der Waals surface area contributed by atoms with E-state index in [1.54, 1.807) is 0 Å². The summed E-state index contributed by atoms with van der Waals surface area (Å²) in [6, 6.07) is 0. The maximum absolute atomic E-state index is 12.6. The molecular weight excluding hydrogens is 253 g/mol. The van der Waals surface area contributed by atoms with Crippen molar-refractivity contribution in [1.29, 1.82) is 0 Å². The van der Waals surface area contributed by atoms with E-state index in [-0.39, 0.29) is 6.42 Å². The lowest BCUT2D eigenvalue weighted by molar-refractivity contribution is -0.187. The van der Waals surface area contributed by atoms with Crippen LogP contribution in [0.4, 0.5) is 13.2 Å². The zero-order valence-corrected chi connectivity index (χ0v) is 10.6. The zero-order valence-electron chi connectivity index (χ0n) is 10.6. The van der Waals surface area contributed by atoms with E-state index in [9.17, 15) is 28.2 Å². The molecule has 7 heteroatoms. The maximum Gasteiger partial charge on any atom is 0.392 e. The van der Waals surface area contributed by atoms with Crippen molar-refractivity contribution in [3.8, 4) is 0 Å². The molecule has 0 aliphatic carbocycles. The normalized spacial score (nSPS) is 16.2. The van der Waals surface area contributed by atoms with Crippen molar-refractivity contribution in [2.24, 2.45) is 5.92 Å². The Kier molecular flexibility index (Phi) is 6.09. The molecule has 0 rings (SSSR count). The van der Waals surface area contributed by atoms with Crippen molar-refractivity contribution in [3.05, 3.63) is 0 Å². The first-order chi connectivity index (χ1) is 7.98. The minimum atomic E-state index is -4.53. The van der Waals surface area contributed by atoms with Gasteiger partial charge in [0, 0.05) is 0 Å². The lowest BCUT2D eigenvalue weighted by Crippen LogP contribution is -2.37. The van der Waals surface area contributed by atoms with Gasteiger partial charge in [-0.05, 0) is 26.7 Å². The summed E-state index contributed by atoms with van der Waals surface area (Å²) in [5.74, 6) is -2.82. The molecule has 0 aromatic rings. The summed E-state index contributed by atoms with van der Waals surface area (Å²) in [6.45, 7) is 2.61. The average Bonchev–Trinajstić information content (AvgIpc) is 2.20. The first-order valence-electron chi connectivity index (χ1n) is 5.52. The molecule has 2 atom stereocenters. The standard InChI is InChI=1S/C11H19F3O4/c1-10(2,17)8(15)5-4-7(11(12,13)14)6-9(16)18-3/h7-8,15,17H,4-6H2,1-3H3. The van der Waals surface area contributed by atoms with Crippen LogP contribution in [-0.2, 0) is 9.53 Å². The van der Waals surface area contributed by atoms with E-state index in [4.69, 9.17) is 0 Å². The number of aliphatic hydroxyl groups is 2. The molecule has 0 heterocycles. The van der Waals surface area contributed by atoms with E-state index < -0.39 is 42.6 Å². The van der Waals surface area contributed by atoms with Crippen molar-refractivity contribution in [1.82, 2.24) is 0 Å². The Labute approximate surface area is 104 Å². The monoisotopic (exact) mass is 272 g/mol. The summed E-state index contributed by atoms with van der Waals surface area (Å²) < 4.78 is 42.0. The van der Waals surface area contributed by atoms with Gasteiger partial charge in [-0.1, -0.05) is 0 Å². The van der Waals surface area contributed by atoms with Gasteiger partial charge in [0.2, 0.25) is 0 Å². The Morgan fingerprint density at radius 1 is 1.28 bits per heavy atom. The van der Waals surface area contributed by atoms with Gasteiger partial charge in [0.15, 0.2) is 0 Å². The number of alkyl halides is 3. The largest absolute Gasteiger partial charge is 0.469 e. The molecule has 2 unspecified atom stereocenters. The molecule has 0 spiro atoms. The van der Waals surface area contributed by atoms with Gasteiger partial charge in [-0.15, -0.1) is 0 Å². The Bertz CT molecular complexity index is 270. The molecule has 0 aliphatic heterocycles. The van der Waals surface area contributed by atoms with Gasteiger partial charge in [0.25, 0.3) is 0 Å². The lowest BCUT2D eigenvalue weighted by Gasteiger charge is -2.26. The number of carbonyl (C=O) groups is 1. The number of ether oxygens (including phenoxy) is 1. The van der Waals surface area contributed by atoms with Crippen LogP contribution in [-0.4, -0.2) is 41.2 Å². The third-order valence-electron chi connectivity index (χ3n) is 2.71. The van der Waals surface area contributed by atoms with Gasteiger partial charge in [0.1, 0.15) is 0 Å². The molecule has 4 nitrogen and oxygen atoms in total. The summed E-state index contributed by atoms with van der Waals surface area (Å²) in [7, 11) is 1.02. The number of methoxy groups -OCH3 is 1. The van der Waals surface area contributed by atoms with E-state index in [0.29, 0.717) is 0 Å². The van der Waals surface area contributed by atoms with Crippen LogP contribution < -0.4 is 0 Å². The van der Waals surface area contributed by atoms with Crippen LogP contribution in [0.5, 0.6) is 0 Å². The Morgan fingerprint density at radius 2 is 1.78 bits per heavy atom. The number of aliphatic hydroxyl groups excluding tert-OH is 1. The summed E-state index contributed by atoms with van der Waals surface area (Å²) >= 11 is 0. The number of hydrogen-bond acceptors (Lipinski definition) is 4. The molecule has 0 bridgehead atoms. The van der Waals surface area contributed by atoms with Crippen LogP contribution in [0.15, 0.2) is 0 Å². The van der Waals surface area contributed by atoms with Crippen molar-refractivity contribution < 1.29 is 32.9 Å². The predicted molar refractivity (Wildman–Crippen MR) is 57.7 cm³/mol. The number of esters is 1. The molecule has 0 saturated carbocycles. The fourth-order valence-electron chi connectivity index (χ4n) is 1.38. The molecule has 108 valence electrons. The van der Waals surface area contributed by atoms with Crippen LogP contribution >= 0.6 is 0 Å². The van der Waals surface area contributed by atoms with Gasteiger partial charge >= 0.3 is 12.1 Å². The van der Waals surface area contributed by atoms with Crippen molar-refractivity contribution in [3.63, 3.8) is 0 Å². The quantitative estimate of drug-likeness (QED) is 0.721. The van der Waals surface area contributed by atoms with Crippen LogP contribution in [0.2, 0.25) is 0 Å². The highest BCUT2D eigenvalue weighted by Gasteiger charge is 2.41.